The van der Waals surface area contributed by atoms with Gasteiger partial charge in [0.15, 0.2) is 0 Å². The molecule has 1 aliphatic heterocycles. The standard InChI is InChI=1S/C32H44N2O4S2Si/c1-22(2)41(23(3)4,24(5)6)21-29-20-27-19-28(33-39(35,36)30-14-9-25(7)10-15-30)13-18-32(27)34(29)40(37,38)31-16-11-26(8)12-17-31/h9-19,22-24,29,33H,20-21H2,1-8H3. The van der Waals surface area contributed by atoms with E-state index in [0.717, 1.165) is 22.7 Å². The van der Waals surface area contributed by atoms with Gasteiger partial charge in [0, 0.05) is 11.7 Å². The number of hydrogen-bond donors (Lipinski definition) is 1. The predicted octanol–water partition coefficient (Wildman–Crippen LogP) is 7.90. The van der Waals surface area contributed by atoms with E-state index >= 15 is 0 Å². The van der Waals surface area contributed by atoms with Crippen molar-refractivity contribution in [3.05, 3.63) is 83.4 Å². The molecule has 1 N–H and O–H groups in total. The maximum Gasteiger partial charge on any atom is 0.264 e. The number of hydrogen-bond acceptors (Lipinski definition) is 4. The van der Waals surface area contributed by atoms with Crippen LogP contribution in [0.25, 0.3) is 0 Å². The summed E-state index contributed by atoms with van der Waals surface area (Å²) in [5.41, 5.74) is 5.32. The Bertz CT molecular complexity index is 1580. The summed E-state index contributed by atoms with van der Waals surface area (Å²) in [6.45, 7) is 17.6. The van der Waals surface area contributed by atoms with E-state index in [-0.39, 0.29) is 15.8 Å². The van der Waals surface area contributed by atoms with Crippen LogP contribution in [0.5, 0.6) is 0 Å². The number of anilines is 2. The number of rotatable bonds is 10. The first-order valence-electron chi connectivity index (χ1n) is 14.4. The van der Waals surface area contributed by atoms with Crippen LogP contribution in [0.15, 0.2) is 76.5 Å². The molecule has 222 valence electrons. The molecular formula is C32H44N2O4S2Si. The Kier molecular flexibility index (Phi) is 8.84. The van der Waals surface area contributed by atoms with Crippen molar-refractivity contribution in [3.63, 3.8) is 0 Å². The maximum atomic E-state index is 14.3. The fourth-order valence-corrected chi connectivity index (χ4v) is 16.3. The molecule has 41 heavy (non-hydrogen) atoms. The summed E-state index contributed by atoms with van der Waals surface area (Å²) in [7, 11) is -9.61. The summed E-state index contributed by atoms with van der Waals surface area (Å²) in [6.07, 6.45) is 0.543. The van der Waals surface area contributed by atoms with Crippen LogP contribution in [0.2, 0.25) is 22.7 Å². The molecule has 0 aromatic heterocycles. The maximum absolute atomic E-state index is 14.3. The topological polar surface area (TPSA) is 83.6 Å². The highest BCUT2D eigenvalue weighted by Gasteiger charge is 2.48. The van der Waals surface area contributed by atoms with Crippen LogP contribution in [0.4, 0.5) is 11.4 Å². The molecule has 0 radical (unpaired) electrons. The van der Waals surface area contributed by atoms with Crippen molar-refractivity contribution in [1.29, 1.82) is 0 Å². The summed E-state index contributed by atoms with van der Waals surface area (Å²) in [5, 5.41) is 0. The molecule has 1 unspecified atom stereocenters. The minimum atomic E-state index is -3.85. The molecular weight excluding hydrogens is 569 g/mol. The molecule has 0 amide bonds. The number of fused-ring (bicyclic) bond motifs is 1. The van der Waals surface area contributed by atoms with Crippen LogP contribution in [-0.2, 0) is 26.5 Å². The van der Waals surface area contributed by atoms with Crippen LogP contribution >= 0.6 is 0 Å². The molecule has 9 heteroatoms. The quantitative estimate of drug-likeness (QED) is 0.236. The van der Waals surface area contributed by atoms with Crippen molar-refractivity contribution in [2.45, 2.75) is 100 Å². The van der Waals surface area contributed by atoms with Crippen LogP contribution < -0.4 is 9.03 Å². The van der Waals surface area contributed by atoms with Gasteiger partial charge in [0.1, 0.15) is 0 Å². The summed E-state index contributed by atoms with van der Waals surface area (Å²) in [6, 6.07) is 19.6. The number of sulfonamides is 2. The van der Waals surface area contributed by atoms with Gasteiger partial charge in [0.05, 0.1) is 23.6 Å². The second-order valence-corrected chi connectivity index (χ2v) is 22.1. The van der Waals surface area contributed by atoms with Gasteiger partial charge >= 0.3 is 0 Å². The van der Waals surface area contributed by atoms with Crippen LogP contribution in [-0.4, -0.2) is 31.0 Å². The Morgan fingerprint density at radius 3 is 1.73 bits per heavy atom. The zero-order valence-electron chi connectivity index (χ0n) is 25.5. The SMILES string of the molecule is Cc1ccc(S(=O)(=O)Nc2ccc3c(c2)CC(C[Si](C(C)C)(C(C)C)C(C)C)N3S(=O)(=O)c2ccc(C)cc2)cc1. The summed E-state index contributed by atoms with van der Waals surface area (Å²) in [4.78, 5) is 0.461. The lowest BCUT2D eigenvalue weighted by molar-refractivity contribution is 0.581. The zero-order chi connectivity index (χ0) is 30.3. The molecule has 1 atom stereocenters. The zero-order valence-corrected chi connectivity index (χ0v) is 28.1. The highest BCUT2D eigenvalue weighted by molar-refractivity contribution is 7.93. The van der Waals surface area contributed by atoms with E-state index < -0.39 is 28.1 Å². The van der Waals surface area contributed by atoms with E-state index in [1.165, 1.54) is 0 Å². The number of nitrogens with one attached hydrogen (secondary N) is 1. The third kappa shape index (κ3) is 5.99. The Morgan fingerprint density at radius 1 is 0.756 bits per heavy atom. The fraction of sp³-hybridized carbons (Fsp3) is 0.438. The van der Waals surface area contributed by atoms with E-state index in [1.54, 1.807) is 52.8 Å². The van der Waals surface area contributed by atoms with Gasteiger partial charge in [0.2, 0.25) is 0 Å². The molecule has 4 rings (SSSR count). The van der Waals surface area contributed by atoms with Gasteiger partial charge in [-0.3, -0.25) is 9.03 Å². The van der Waals surface area contributed by atoms with Gasteiger partial charge in [-0.2, -0.15) is 0 Å². The minimum Gasteiger partial charge on any atom is -0.280 e. The monoisotopic (exact) mass is 612 g/mol. The lowest BCUT2D eigenvalue weighted by Crippen LogP contribution is -2.51. The van der Waals surface area contributed by atoms with Gasteiger partial charge in [-0.25, -0.2) is 16.8 Å². The molecule has 0 spiro atoms. The smallest absolute Gasteiger partial charge is 0.264 e. The van der Waals surface area contributed by atoms with Crippen LogP contribution in [0, 0.1) is 13.8 Å². The molecule has 0 saturated heterocycles. The molecule has 3 aromatic carbocycles. The Labute approximate surface area is 248 Å². The first kappa shape index (κ1) is 31.3. The molecule has 3 aromatic rings. The second kappa shape index (κ2) is 11.6. The third-order valence-electron chi connectivity index (χ3n) is 9.08. The van der Waals surface area contributed by atoms with Crippen molar-refractivity contribution in [1.82, 2.24) is 0 Å². The Hall–Kier alpha value is -2.62. The molecule has 1 heterocycles. The lowest BCUT2D eigenvalue weighted by Gasteiger charge is -2.46. The van der Waals surface area contributed by atoms with Crippen LogP contribution in [0.3, 0.4) is 0 Å². The Balaban J connectivity index is 1.79. The van der Waals surface area contributed by atoms with Gasteiger partial charge in [0.25, 0.3) is 20.0 Å². The molecule has 0 saturated carbocycles. The molecule has 0 aliphatic carbocycles. The van der Waals surface area contributed by atoms with Gasteiger partial charge in [-0.1, -0.05) is 93.6 Å². The molecule has 0 bridgehead atoms. The van der Waals surface area contributed by atoms with E-state index in [1.807, 2.05) is 32.0 Å². The number of benzene rings is 3. The van der Waals surface area contributed by atoms with Crippen molar-refractivity contribution in [3.8, 4) is 0 Å². The van der Waals surface area contributed by atoms with Crippen LogP contribution in [0.1, 0.15) is 58.2 Å². The van der Waals surface area contributed by atoms with E-state index in [4.69, 9.17) is 0 Å². The van der Waals surface area contributed by atoms with Gasteiger partial charge in [-0.05, 0) is 74.3 Å². The fourth-order valence-electron chi connectivity index (χ4n) is 6.91. The first-order valence-corrected chi connectivity index (χ1v) is 19.8. The number of nitrogens with zero attached hydrogens (tertiary/aromatic N) is 1. The largest absolute Gasteiger partial charge is 0.280 e. The van der Waals surface area contributed by atoms with Crippen molar-refractivity contribution >= 4 is 39.5 Å². The summed E-state index contributed by atoms with van der Waals surface area (Å²) < 4.78 is 59.1. The van der Waals surface area contributed by atoms with Gasteiger partial charge < -0.3 is 0 Å². The molecule has 1 aliphatic rings. The van der Waals surface area contributed by atoms with E-state index in [9.17, 15) is 16.8 Å². The highest BCUT2D eigenvalue weighted by Crippen LogP contribution is 2.49. The molecule has 6 nitrogen and oxygen atoms in total. The van der Waals surface area contributed by atoms with E-state index in [0.29, 0.717) is 34.4 Å². The second-order valence-electron chi connectivity index (χ2n) is 12.5. The predicted molar refractivity (Wildman–Crippen MR) is 173 cm³/mol. The van der Waals surface area contributed by atoms with Crippen molar-refractivity contribution in [2.24, 2.45) is 0 Å². The lowest BCUT2D eigenvalue weighted by atomic mass is 10.1. The van der Waals surface area contributed by atoms with E-state index in [2.05, 4.69) is 46.3 Å². The average Bonchev–Trinajstić information content (AvgIpc) is 3.24. The summed E-state index contributed by atoms with van der Waals surface area (Å²) in [5.74, 6) is 0. The normalized spacial score (nSPS) is 16.1. The van der Waals surface area contributed by atoms with Crippen molar-refractivity contribution in [2.75, 3.05) is 9.03 Å². The van der Waals surface area contributed by atoms with Crippen molar-refractivity contribution < 1.29 is 16.8 Å². The Morgan fingerprint density at radius 2 is 1.24 bits per heavy atom. The number of aryl methyl sites for hydroxylation is 2. The highest BCUT2D eigenvalue weighted by atomic mass is 32.2. The minimum absolute atomic E-state index is 0.187. The first-order chi connectivity index (χ1) is 19.1. The summed E-state index contributed by atoms with van der Waals surface area (Å²) >= 11 is 0. The third-order valence-corrected chi connectivity index (χ3v) is 20.0. The molecule has 0 fully saturated rings. The average molecular weight is 613 g/mol. The van der Waals surface area contributed by atoms with Gasteiger partial charge in [-0.15, -0.1) is 0 Å².